The van der Waals surface area contributed by atoms with Gasteiger partial charge >= 0.3 is 0 Å². The lowest BCUT2D eigenvalue weighted by atomic mass is 10.1. The second kappa shape index (κ2) is 6.84. The summed E-state index contributed by atoms with van der Waals surface area (Å²) in [5.41, 5.74) is 10.8. The average Bonchev–Trinajstić information content (AvgIpc) is 3.27. The van der Waals surface area contributed by atoms with Crippen molar-refractivity contribution in [3.63, 3.8) is 0 Å². The summed E-state index contributed by atoms with van der Waals surface area (Å²) < 4.78 is 1.74. The van der Waals surface area contributed by atoms with E-state index >= 15 is 0 Å². The smallest absolute Gasteiger partial charge is 0.173 e. The van der Waals surface area contributed by atoms with Gasteiger partial charge in [-0.25, -0.2) is 4.98 Å². The SMILES string of the molecule is CCc1ccc(-c2nn(CC)c(-c3nc4ccc(C(=N)N)cc4[nH]3)c2O)cc1. The monoisotopic (exact) mass is 374 g/mol. The van der Waals surface area contributed by atoms with Gasteiger partial charge in [-0.2, -0.15) is 5.10 Å². The third-order valence-corrected chi connectivity index (χ3v) is 4.88. The number of H-pyrrole nitrogens is 1. The summed E-state index contributed by atoms with van der Waals surface area (Å²) in [6.07, 6.45) is 0.960. The van der Waals surface area contributed by atoms with Gasteiger partial charge < -0.3 is 15.8 Å². The summed E-state index contributed by atoms with van der Waals surface area (Å²) >= 11 is 0. The zero-order valence-corrected chi connectivity index (χ0v) is 15.8. The molecular weight excluding hydrogens is 352 g/mol. The van der Waals surface area contributed by atoms with Crippen LogP contribution >= 0.6 is 0 Å². The first-order valence-electron chi connectivity index (χ1n) is 9.25. The minimum absolute atomic E-state index is 0.00249. The zero-order valence-electron chi connectivity index (χ0n) is 15.8. The Morgan fingerprint density at radius 1 is 1.18 bits per heavy atom. The van der Waals surface area contributed by atoms with E-state index in [0.717, 1.165) is 23.0 Å². The molecule has 7 heteroatoms. The molecule has 0 aliphatic heterocycles. The summed E-state index contributed by atoms with van der Waals surface area (Å²) in [5, 5.41) is 23.1. The fourth-order valence-corrected chi connectivity index (χ4v) is 3.30. The number of aromatic amines is 1. The van der Waals surface area contributed by atoms with Crippen LogP contribution < -0.4 is 5.73 Å². The number of rotatable bonds is 5. The predicted molar refractivity (Wildman–Crippen MR) is 110 cm³/mol. The van der Waals surface area contributed by atoms with Crippen molar-refractivity contribution in [1.82, 2.24) is 19.7 Å². The third-order valence-electron chi connectivity index (χ3n) is 4.88. The maximum atomic E-state index is 10.9. The van der Waals surface area contributed by atoms with Gasteiger partial charge in [-0.1, -0.05) is 31.2 Å². The molecule has 0 atom stereocenters. The van der Waals surface area contributed by atoms with E-state index in [9.17, 15) is 5.11 Å². The van der Waals surface area contributed by atoms with Crippen molar-refractivity contribution in [2.24, 2.45) is 5.73 Å². The van der Waals surface area contributed by atoms with Crippen LogP contribution in [0.2, 0.25) is 0 Å². The molecule has 2 aromatic carbocycles. The molecule has 0 aliphatic carbocycles. The van der Waals surface area contributed by atoms with Crippen LogP contribution in [0.25, 0.3) is 33.8 Å². The lowest BCUT2D eigenvalue weighted by molar-refractivity contribution is 0.477. The number of aryl methyl sites for hydroxylation is 2. The molecular formula is C21H22N6O. The van der Waals surface area contributed by atoms with Crippen molar-refractivity contribution in [2.75, 3.05) is 0 Å². The maximum absolute atomic E-state index is 10.9. The second-order valence-corrected chi connectivity index (χ2v) is 6.64. The van der Waals surface area contributed by atoms with E-state index in [4.69, 9.17) is 11.1 Å². The average molecular weight is 374 g/mol. The van der Waals surface area contributed by atoms with Gasteiger partial charge in [0, 0.05) is 17.7 Å². The van der Waals surface area contributed by atoms with E-state index in [1.165, 1.54) is 5.56 Å². The number of nitrogens with zero attached hydrogens (tertiary/aromatic N) is 3. The molecule has 2 aromatic heterocycles. The highest BCUT2D eigenvalue weighted by molar-refractivity contribution is 5.98. The minimum Gasteiger partial charge on any atom is -0.504 e. The van der Waals surface area contributed by atoms with Crippen LogP contribution in [0.1, 0.15) is 25.0 Å². The van der Waals surface area contributed by atoms with Crippen molar-refractivity contribution < 1.29 is 5.11 Å². The van der Waals surface area contributed by atoms with E-state index in [2.05, 4.69) is 22.0 Å². The van der Waals surface area contributed by atoms with Crippen LogP contribution in [-0.4, -0.2) is 30.7 Å². The van der Waals surface area contributed by atoms with Crippen LogP contribution in [0.4, 0.5) is 0 Å². The van der Waals surface area contributed by atoms with Crippen LogP contribution in [-0.2, 0) is 13.0 Å². The third kappa shape index (κ3) is 2.90. The molecule has 4 rings (SSSR count). The standard InChI is InChI=1S/C21H22N6O/c1-3-12-5-7-13(8-6-12)17-19(28)18(27(4-2)26-17)21-24-15-10-9-14(20(22)23)11-16(15)25-21/h5-11,28H,3-4H2,1-2H3,(H3,22,23)(H,24,25). The van der Waals surface area contributed by atoms with E-state index in [0.29, 0.717) is 29.3 Å². The Bertz CT molecular complexity index is 1170. The van der Waals surface area contributed by atoms with Gasteiger partial charge in [-0.15, -0.1) is 0 Å². The van der Waals surface area contributed by atoms with Crippen molar-refractivity contribution >= 4 is 16.9 Å². The molecule has 0 unspecified atom stereocenters. The molecule has 0 aliphatic rings. The largest absolute Gasteiger partial charge is 0.504 e. The fourth-order valence-electron chi connectivity index (χ4n) is 3.30. The number of amidine groups is 1. The number of aromatic nitrogens is 4. The van der Waals surface area contributed by atoms with Crippen LogP contribution in [0.15, 0.2) is 42.5 Å². The summed E-state index contributed by atoms with van der Waals surface area (Å²) in [7, 11) is 0. The Morgan fingerprint density at radius 3 is 2.57 bits per heavy atom. The number of nitrogen functional groups attached to an aromatic ring is 1. The molecule has 28 heavy (non-hydrogen) atoms. The van der Waals surface area contributed by atoms with E-state index in [1.807, 2.05) is 31.2 Å². The van der Waals surface area contributed by atoms with Gasteiger partial charge in [-0.05, 0) is 37.1 Å². The number of nitrogens with two attached hydrogens (primary N) is 1. The molecule has 0 radical (unpaired) electrons. The molecule has 5 N–H and O–H groups in total. The number of hydrogen-bond donors (Lipinski definition) is 4. The highest BCUT2D eigenvalue weighted by Crippen LogP contribution is 2.37. The molecule has 142 valence electrons. The summed E-state index contributed by atoms with van der Waals surface area (Å²) in [6, 6.07) is 13.4. The fraction of sp³-hybridized carbons (Fsp3) is 0.190. The maximum Gasteiger partial charge on any atom is 0.173 e. The number of benzene rings is 2. The number of fused-ring (bicyclic) bond motifs is 1. The van der Waals surface area contributed by atoms with Gasteiger partial charge in [0.25, 0.3) is 0 Å². The Kier molecular flexibility index (Phi) is 4.35. The van der Waals surface area contributed by atoms with E-state index in [-0.39, 0.29) is 11.6 Å². The van der Waals surface area contributed by atoms with E-state index < -0.39 is 0 Å². The molecule has 0 saturated heterocycles. The van der Waals surface area contributed by atoms with Crippen molar-refractivity contribution in [2.45, 2.75) is 26.8 Å². The van der Waals surface area contributed by atoms with Gasteiger partial charge in [0.15, 0.2) is 11.6 Å². The first kappa shape index (κ1) is 17.8. The highest BCUT2D eigenvalue weighted by Gasteiger charge is 2.22. The van der Waals surface area contributed by atoms with Crippen molar-refractivity contribution in [3.8, 4) is 28.5 Å². The number of aromatic hydroxyl groups is 1. The molecule has 7 nitrogen and oxygen atoms in total. The summed E-state index contributed by atoms with van der Waals surface area (Å²) in [4.78, 5) is 7.82. The summed E-state index contributed by atoms with van der Waals surface area (Å²) in [6.45, 7) is 4.66. The molecule has 0 spiro atoms. The molecule has 0 fully saturated rings. The van der Waals surface area contributed by atoms with Gasteiger partial charge in [0.2, 0.25) is 0 Å². The Morgan fingerprint density at radius 2 is 1.93 bits per heavy atom. The Hall–Kier alpha value is -3.61. The number of imidazole rings is 1. The minimum atomic E-state index is -0.00249. The molecule has 0 saturated carbocycles. The predicted octanol–water partition coefficient (Wildman–Crippen LogP) is 3.67. The van der Waals surface area contributed by atoms with Gasteiger partial charge in [0.05, 0.1) is 11.0 Å². The quantitative estimate of drug-likeness (QED) is 0.315. The Balaban J connectivity index is 1.84. The zero-order chi connectivity index (χ0) is 19.8. The lowest BCUT2D eigenvalue weighted by Gasteiger charge is -2.01. The topological polar surface area (TPSA) is 117 Å². The van der Waals surface area contributed by atoms with Gasteiger partial charge in [-0.3, -0.25) is 10.1 Å². The lowest BCUT2D eigenvalue weighted by Crippen LogP contribution is -2.10. The van der Waals surface area contributed by atoms with E-state index in [1.54, 1.807) is 22.9 Å². The van der Waals surface area contributed by atoms with Gasteiger partial charge in [0.1, 0.15) is 17.2 Å². The normalized spacial score (nSPS) is 11.2. The second-order valence-electron chi connectivity index (χ2n) is 6.64. The van der Waals surface area contributed by atoms with Crippen molar-refractivity contribution in [1.29, 1.82) is 5.41 Å². The van der Waals surface area contributed by atoms with Crippen LogP contribution in [0.3, 0.4) is 0 Å². The first-order valence-corrected chi connectivity index (χ1v) is 9.25. The molecule has 0 bridgehead atoms. The summed E-state index contributed by atoms with van der Waals surface area (Å²) in [5.74, 6) is 0.619. The number of hydrogen-bond acceptors (Lipinski definition) is 4. The van der Waals surface area contributed by atoms with Crippen LogP contribution in [0.5, 0.6) is 5.75 Å². The molecule has 0 amide bonds. The highest BCUT2D eigenvalue weighted by atomic mass is 16.3. The Labute approximate surface area is 162 Å². The first-order chi connectivity index (χ1) is 13.5. The molecule has 4 aromatic rings. The van der Waals surface area contributed by atoms with Crippen molar-refractivity contribution in [3.05, 3.63) is 53.6 Å². The van der Waals surface area contributed by atoms with Crippen LogP contribution in [0, 0.1) is 5.41 Å². The molecule has 2 heterocycles. The number of nitrogens with one attached hydrogen (secondary N) is 2.